The molecule has 2 aliphatic rings. The summed E-state index contributed by atoms with van der Waals surface area (Å²) in [6, 6.07) is 14.5. The maximum atomic E-state index is 12.8. The Morgan fingerprint density at radius 1 is 1.06 bits per heavy atom. The number of halogens is 1. The fourth-order valence-electron chi connectivity index (χ4n) is 3.62. The van der Waals surface area contributed by atoms with Crippen LogP contribution < -0.4 is 10.1 Å². The molecule has 8 nitrogen and oxygen atoms in total. The van der Waals surface area contributed by atoms with Gasteiger partial charge in [-0.25, -0.2) is 4.79 Å². The van der Waals surface area contributed by atoms with Gasteiger partial charge in [-0.1, -0.05) is 41.9 Å². The van der Waals surface area contributed by atoms with E-state index < -0.39 is 18.2 Å². The van der Waals surface area contributed by atoms with Gasteiger partial charge < -0.3 is 24.6 Å². The third-order valence-electron chi connectivity index (χ3n) is 5.25. The van der Waals surface area contributed by atoms with Crippen LogP contribution in [0.15, 0.2) is 54.6 Å². The van der Waals surface area contributed by atoms with Crippen molar-refractivity contribution in [3.8, 4) is 5.75 Å². The average Bonchev–Trinajstić information content (AvgIpc) is 2.79. The minimum atomic E-state index is -0.746. The van der Waals surface area contributed by atoms with Crippen LogP contribution in [0.2, 0.25) is 5.02 Å². The fraction of sp³-hybridized carbons (Fsp3) is 0.318. The van der Waals surface area contributed by atoms with Gasteiger partial charge in [-0.05, 0) is 29.8 Å². The second-order valence-electron chi connectivity index (χ2n) is 7.38. The quantitative estimate of drug-likeness (QED) is 0.764. The van der Waals surface area contributed by atoms with Gasteiger partial charge in [0.25, 0.3) is 0 Å². The van der Waals surface area contributed by atoms with Crippen molar-refractivity contribution >= 4 is 29.5 Å². The summed E-state index contributed by atoms with van der Waals surface area (Å²) in [5.74, 6) is -0.156. The number of ether oxygens (including phenoxy) is 2. The molecule has 0 aromatic heterocycles. The number of rotatable bonds is 5. The predicted molar refractivity (Wildman–Crippen MR) is 113 cm³/mol. The molecule has 2 fully saturated rings. The summed E-state index contributed by atoms with van der Waals surface area (Å²) in [7, 11) is 0. The lowest BCUT2D eigenvalue weighted by atomic mass is 10.0. The summed E-state index contributed by atoms with van der Waals surface area (Å²) in [6.45, 7) is 1.04. The maximum Gasteiger partial charge on any atom is 0.415 e. The number of hydrogen-bond donors (Lipinski definition) is 1. The van der Waals surface area contributed by atoms with Gasteiger partial charge in [-0.2, -0.15) is 0 Å². The number of carbonyl (C=O) groups is 3. The zero-order chi connectivity index (χ0) is 21.8. The van der Waals surface area contributed by atoms with Gasteiger partial charge in [0.05, 0.1) is 19.8 Å². The lowest BCUT2D eigenvalue weighted by molar-refractivity contribution is -0.154. The molecule has 2 atom stereocenters. The molecule has 2 aromatic carbocycles. The van der Waals surface area contributed by atoms with Crippen molar-refractivity contribution in [1.29, 1.82) is 0 Å². The number of piperazine rings is 2. The molecule has 2 aromatic rings. The van der Waals surface area contributed by atoms with Gasteiger partial charge in [-0.3, -0.25) is 9.59 Å². The SMILES string of the molecule is O=C1N[C@@H](COCc2ccccc2)C(=O)N2CCN(C(=O)Oc3ccc(Cl)cc3)C[C@H]12. The van der Waals surface area contributed by atoms with Gasteiger partial charge in [0.2, 0.25) is 11.8 Å². The Morgan fingerprint density at radius 2 is 1.81 bits per heavy atom. The van der Waals surface area contributed by atoms with E-state index in [0.29, 0.717) is 17.4 Å². The number of fused-ring (bicyclic) bond motifs is 1. The van der Waals surface area contributed by atoms with Gasteiger partial charge in [0.1, 0.15) is 17.8 Å². The molecule has 2 saturated heterocycles. The summed E-state index contributed by atoms with van der Waals surface area (Å²) < 4.78 is 11.0. The summed E-state index contributed by atoms with van der Waals surface area (Å²) in [4.78, 5) is 40.9. The molecule has 0 spiro atoms. The van der Waals surface area contributed by atoms with Crippen LogP contribution in [0.25, 0.3) is 0 Å². The van der Waals surface area contributed by atoms with Crippen molar-refractivity contribution in [2.75, 3.05) is 26.2 Å². The van der Waals surface area contributed by atoms with E-state index in [0.717, 1.165) is 5.56 Å². The van der Waals surface area contributed by atoms with Crippen LogP contribution in [0.1, 0.15) is 5.56 Å². The minimum absolute atomic E-state index is 0.0710. The lowest BCUT2D eigenvalue weighted by Gasteiger charge is -2.44. The molecule has 9 heteroatoms. The standard InChI is InChI=1S/C22H22ClN3O5/c23-16-6-8-17(9-7-16)31-22(29)25-10-11-26-19(12-25)20(27)24-18(21(26)28)14-30-13-15-4-2-1-3-5-15/h1-9,18-19H,10-14H2,(H,24,27)/t18-,19+/m0/s1. The van der Waals surface area contributed by atoms with Crippen molar-refractivity contribution < 1.29 is 23.9 Å². The van der Waals surface area contributed by atoms with E-state index in [2.05, 4.69) is 5.32 Å². The Kier molecular flexibility index (Phi) is 6.39. The maximum absolute atomic E-state index is 12.8. The Morgan fingerprint density at radius 3 is 2.55 bits per heavy atom. The first-order valence-electron chi connectivity index (χ1n) is 9.96. The van der Waals surface area contributed by atoms with Crippen molar-refractivity contribution in [3.05, 3.63) is 65.2 Å². The molecule has 3 amide bonds. The number of nitrogens with zero attached hydrogens (tertiary/aromatic N) is 2. The Hall–Kier alpha value is -3.10. The number of amides is 3. The molecule has 0 bridgehead atoms. The van der Waals surface area contributed by atoms with Gasteiger partial charge in [-0.15, -0.1) is 0 Å². The number of carbonyl (C=O) groups excluding carboxylic acids is 3. The second-order valence-corrected chi connectivity index (χ2v) is 7.81. The minimum Gasteiger partial charge on any atom is -0.410 e. The number of hydrogen-bond acceptors (Lipinski definition) is 5. The molecule has 4 rings (SSSR count). The van der Waals surface area contributed by atoms with E-state index in [9.17, 15) is 14.4 Å². The van der Waals surface area contributed by atoms with Crippen LogP contribution in [0.4, 0.5) is 4.79 Å². The van der Waals surface area contributed by atoms with Gasteiger partial charge in [0.15, 0.2) is 0 Å². The second kappa shape index (κ2) is 9.36. The third-order valence-corrected chi connectivity index (χ3v) is 5.51. The fourth-order valence-corrected chi connectivity index (χ4v) is 3.74. The van der Waals surface area contributed by atoms with Crippen LogP contribution in [0.3, 0.4) is 0 Å². The Labute approximate surface area is 184 Å². The van der Waals surface area contributed by atoms with E-state index in [1.807, 2.05) is 30.3 Å². The lowest BCUT2D eigenvalue weighted by Crippen LogP contribution is -2.70. The molecule has 0 aliphatic carbocycles. The largest absolute Gasteiger partial charge is 0.415 e. The van der Waals surface area contributed by atoms with Crippen LogP contribution in [-0.2, 0) is 20.9 Å². The van der Waals surface area contributed by atoms with E-state index in [1.54, 1.807) is 24.3 Å². The van der Waals surface area contributed by atoms with Crippen LogP contribution in [-0.4, -0.2) is 66.0 Å². The molecule has 31 heavy (non-hydrogen) atoms. The Balaban J connectivity index is 1.31. The molecule has 0 unspecified atom stereocenters. The normalized spacial score (nSPS) is 20.8. The van der Waals surface area contributed by atoms with Gasteiger partial charge in [0, 0.05) is 18.1 Å². The van der Waals surface area contributed by atoms with Crippen LogP contribution in [0, 0.1) is 0 Å². The van der Waals surface area contributed by atoms with Crippen molar-refractivity contribution in [2.45, 2.75) is 18.7 Å². The number of nitrogens with one attached hydrogen (secondary N) is 1. The molecule has 2 heterocycles. The first-order valence-corrected chi connectivity index (χ1v) is 10.3. The molecule has 0 saturated carbocycles. The predicted octanol–water partition coefficient (Wildman–Crippen LogP) is 2.07. The summed E-state index contributed by atoms with van der Waals surface area (Å²) in [5, 5.41) is 3.25. The highest BCUT2D eigenvalue weighted by Crippen LogP contribution is 2.20. The molecule has 1 N–H and O–H groups in total. The smallest absolute Gasteiger partial charge is 0.410 e. The summed E-state index contributed by atoms with van der Waals surface area (Å²) in [5.41, 5.74) is 0.989. The zero-order valence-corrected chi connectivity index (χ0v) is 17.5. The molecule has 2 aliphatic heterocycles. The monoisotopic (exact) mass is 443 g/mol. The molecular weight excluding hydrogens is 422 g/mol. The zero-order valence-electron chi connectivity index (χ0n) is 16.7. The van der Waals surface area contributed by atoms with Gasteiger partial charge >= 0.3 is 6.09 Å². The van der Waals surface area contributed by atoms with Crippen molar-refractivity contribution in [2.24, 2.45) is 0 Å². The highest BCUT2D eigenvalue weighted by Gasteiger charge is 2.44. The van der Waals surface area contributed by atoms with Crippen molar-refractivity contribution in [3.63, 3.8) is 0 Å². The number of benzene rings is 2. The highest BCUT2D eigenvalue weighted by atomic mass is 35.5. The average molecular weight is 444 g/mol. The van der Waals surface area contributed by atoms with E-state index in [1.165, 1.54) is 9.80 Å². The first kappa shape index (κ1) is 21.1. The van der Waals surface area contributed by atoms with Crippen molar-refractivity contribution in [1.82, 2.24) is 15.1 Å². The highest BCUT2D eigenvalue weighted by molar-refractivity contribution is 6.30. The van der Waals surface area contributed by atoms with Crippen LogP contribution >= 0.6 is 11.6 Å². The first-order chi connectivity index (χ1) is 15.0. The third kappa shape index (κ3) is 4.98. The van der Waals surface area contributed by atoms with E-state index in [4.69, 9.17) is 21.1 Å². The van der Waals surface area contributed by atoms with E-state index >= 15 is 0 Å². The summed E-state index contributed by atoms with van der Waals surface area (Å²) >= 11 is 5.84. The van der Waals surface area contributed by atoms with Crippen LogP contribution in [0.5, 0.6) is 5.75 Å². The van der Waals surface area contributed by atoms with E-state index in [-0.39, 0.29) is 38.1 Å². The molecular formula is C22H22ClN3O5. The molecule has 162 valence electrons. The molecule has 0 radical (unpaired) electrons. The summed E-state index contributed by atoms with van der Waals surface area (Å²) in [6.07, 6.45) is -0.574. The topological polar surface area (TPSA) is 88.2 Å². The Bertz CT molecular complexity index is 953.